The van der Waals surface area contributed by atoms with Crippen LogP contribution < -0.4 is 5.32 Å². The first kappa shape index (κ1) is 9.88. The van der Waals surface area contributed by atoms with Gasteiger partial charge in [-0.05, 0) is 25.5 Å². The minimum absolute atomic E-state index is 0.222. The Morgan fingerprint density at radius 2 is 2.50 bits per heavy atom. The zero-order chi connectivity index (χ0) is 9.03. The highest BCUT2D eigenvalue weighted by Crippen LogP contribution is 2.27. The lowest BCUT2D eigenvalue weighted by atomic mass is 9.99. The molecule has 2 unspecified atom stereocenters. The van der Waals surface area contributed by atoms with E-state index in [0.29, 0.717) is 6.04 Å². The van der Waals surface area contributed by atoms with Crippen molar-refractivity contribution in [2.75, 3.05) is 11.5 Å². The standard InChI is InChI=1S/C9H16N2S/c1-3-8(2)11-9(6-10)4-5-12-7-9/h8,11H,3-5,7H2,1-2H3. The summed E-state index contributed by atoms with van der Waals surface area (Å²) in [6, 6.07) is 2.87. The number of rotatable bonds is 3. The normalized spacial score (nSPS) is 31.4. The Kier molecular flexibility index (Phi) is 3.42. The topological polar surface area (TPSA) is 35.8 Å². The Hall–Kier alpha value is -0.200. The first-order valence-electron chi connectivity index (χ1n) is 4.49. The van der Waals surface area contributed by atoms with Crippen molar-refractivity contribution in [2.45, 2.75) is 38.3 Å². The van der Waals surface area contributed by atoms with E-state index in [-0.39, 0.29) is 5.54 Å². The van der Waals surface area contributed by atoms with Crippen molar-refractivity contribution in [1.82, 2.24) is 5.32 Å². The highest BCUT2D eigenvalue weighted by molar-refractivity contribution is 7.99. The summed E-state index contributed by atoms with van der Waals surface area (Å²) in [6.45, 7) is 4.28. The molecule has 0 bridgehead atoms. The van der Waals surface area contributed by atoms with Gasteiger partial charge in [-0.2, -0.15) is 17.0 Å². The second kappa shape index (κ2) is 4.15. The predicted molar refractivity (Wildman–Crippen MR) is 53.2 cm³/mol. The molecular weight excluding hydrogens is 168 g/mol. The first-order chi connectivity index (χ1) is 5.72. The lowest BCUT2D eigenvalue weighted by Gasteiger charge is -2.25. The van der Waals surface area contributed by atoms with Crippen LogP contribution in [0.15, 0.2) is 0 Å². The smallest absolute Gasteiger partial charge is 0.116 e. The molecule has 1 aliphatic heterocycles. The largest absolute Gasteiger partial charge is 0.296 e. The molecule has 0 spiro atoms. The van der Waals surface area contributed by atoms with Gasteiger partial charge in [0.2, 0.25) is 0 Å². The average molecular weight is 184 g/mol. The summed E-state index contributed by atoms with van der Waals surface area (Å²) < 4.78 is 0. The fourth-order valence-electron chi connectivity index (χ4n) is 1.37. The van der Waals surface area contributed by atoms with E-state index >= 15 is 0 Å². The van der Waals surface area contributed by atoms with Crippen LogP contribution in [0.3, 0.4) is 0 Å². The Bertz CT molecular complexity index is 179. The van der Waals surface area contributed by atoms with E-state index in [1.54, 1.807) is 0 Å². The molecule has 1 saturated heterocycles. The number of hydrogen-bond donors (Lipinski definition) is 1. The SMILES string of the molecule is CCC(C)NC1(C#N)CCSC1. The van der Waals surface area contributed by atoms with Crippen molar-refractivity contribution in [3.8, 4) is 6.07 Å². The van der Waals surface area contributed by atoms with E-state index < -0.39 is 0 Å². The number of nitrogens with zero attached hydrogens (tertiary/aromatic N) is 1. The molecular formula is C9H16N2S. The summed E-state index contributed by atoms with van der Waals surface area (Å²) in [6.07, 6.45) is 2.09. The molecule has 3 heteroatoms. The maximum atomic E-state index is 9.04. The van der Waals surface area contributed by atoms with Crippen LogP contribution in [-0.4, -0.2) is 23.1 Å². The van der Waals surface area contributed by atoms with Crippen LogP contribution in [0.4, 0.5) is 0 Å². The number of thioether (sulfide) groups is 1. The molecule has 12 heavy (non-hydrogen) atoms. The van der Waals surface area contributed by atoms with Gasteiger partial charge in [0.05, 0.1) is 6.07 Å². The summed E-state index contributed by atoms with van der Waals surface area (Å²) >= 11 is 1.87. The summed E-state index contributed by atoms with van der Waals surface area (Å²) in [4.78, 5) is 0. The Labute approximate surface area is 78.7 Å². The van der Waals surface area contributed by atoms with Gasteiger partial charge in [-0.3, -0.25) is 5.32 Å². The fraction of sp³-hybridized carbons (Fsp3) is 0.889. The van der Waals surface area contributed by atoms with E-state index in [1.807, 2.05) is 11.8 Å². The van der Waals surface area contributed by atoms with Crippen LogP contribution in [0.2, 0.25) is 0 Å². The minimum atomic E-state index is -0.222. The highest BCUT2D eigenvalue weighted by atomic mass is 32.2. The van der Waals surface area contributed by atoms with E-state index in [1.165, 1.54) is 0 Å². The monoisotopic (exact) mass is 184 g/mol. The molecule has 1 heterocycles. The van der Waals surface area contributed by atoms with Gasteiger partial charge in [-0.1, -0.05) is 6.92 Å². The molecule has 0 aromatic rings. The van der Waals surface area contributed by atoms with Gasteiger partial charge in [-0.25, -0.2) is 0 Å². The molecule has 0 aromatic carbocycles. The summed E-state index contributed by atoms with van der Waals surface area (Å²) in [5, 5.41) is 12.4. The van der Waals surface area contributed by atoms with Gasteiger partial charge in [0.1, 0.15) is 5.54 Å². The van der Waals surface area contributed by atoms with Gasteiger partial charge in [-0.15, -0.1) is 0 Å². The van der Waals surface area contributed by atoms with Crippen LogP contribution in [0.25, 0.3) is 0 Å². The molecule has 0 aromatic heterocycles. The summed E-state index contributed by atoms with van der Waals surface area (Å²) in [5.41, 5.74) is -0.222. The summed E-state index contributed by atoms with van der Waals surface area (Å²) in [7, 11) is 0. The van der Waals surface area contributed by atoms with E-state index in [4.69, 9.17) is 5.26 Å². The van der Waals surface area contributed by atoms with Crippen LogP contribution in [-0.2, 0) is 0 Å². The molecule has 1 fully saturated rings. The number of nitriles is 1. The molecule has 1 N–H and O–H groups in total. The number of nitrogens with one attached hydrogen (secondary N) is 1. The van der Waals surface area contributed by atoms with Crippen LogP contribution in [0, 0.1) is 11.3 Å². The lowest BCUT2D eigenvalue weighted by molar-refractivity contribution is 0.392. The van der Waals surface area contributed by atoms with Crippen LogP contribution in [0.1, 0.15) is 26.7 Å². The minimum Gasteiger partial charge on any atom is -0.296 e. The van der Waals surface area contributed by atoms with E-state index in [9.17, 15) is 0 Å². The van der Waals surface area contributed by atoms with Gasteiger partial charge < -0.3 is 0 Å². The van der Waals surface area contributed by atoms with Crippen molar-refractivity contribution in [1.29, 1.82) is 5.26 Å². The maximum Gasteiger partial charge on any atom is 0.116 e. The van der Waals surface area contributed by atoms with Gasteiger partial charge >= 0.3 is 0 Å². The zero-order valence-electron chi connectivity index (χ0n) is 7.76. The highest BCUT2D eigenvalue weighted by Gasteiger charge is 2.34. The van der Waals surface area contributed by atoms with E-state index in [0.717, 1.165) is 24.3 Å². The average Bonchev–Trinajstić information content (AvgIpc) is 2.54. The molecule has 1 rings (SSSR count). The van der Waals surface area contributed by atoms with Crippen molar-refractivity contribution in [3.05, 3.63) is 0 Å². The van der Waals surface area contributed by atoms with Crippen molar-refractivity contribution in [2.24, 2.45) is 0 Å². The second-order valence-electron chi connectivity index (χ2n) is 3.45. The molecule has 2 atom stereocenters. The zero-order valence-corrected chi connectivity index (χ0v) is 8.58. The third kappa shape index (κ3) is 2.15. The third-order valence-electron chi connectivity index (χ3n) is 2.37. The molecule has 0 aliphatic carbocycles. The third-order valence-corrected chi connectivity index (χ3v) is 3.56. The van der Waals surface area contributed by atoms with Crippen LogP contribution in [0.5, 0.6) is 0 Å². The molecule has 1 aliphatic rings. The van der Waals surface area contributed by atoms with Crippen molar-refractivity contribution < 1.29 is 0 Å². The molecule has 2 nitrogen and oxygen atoms in total. The van der Waals surface area contributed by atoms with E-state index in [2.05, 4.69) is 25.2 Å². The fourth-order valence-corrected chi connectivity index (χ4v) is 2.65. The molecule has 68 valence electrons. The molecule has 0 saturated carbocycles. The van der Waals surface area contributed by atoms with Gasteiger partial charge in [0.25, 0.3) is 0 Å². The number of hydrogen-bond acceptors (Lipinski definition) is 3. The predicted octanol–water partition coefficient (Wildman–Crippen LogP) is 1.77. The first-order valence-corrected chi connectivity index (χ1v) is 5.64. The Morgan fingerprint density at radius 3 is 2.92 bits per heavy atom. The maximum absolute atomic E-state index is 9.04. The second-order valence-corrected chi connectivity index (χ2v) is 4.56. The lowest BCUT2D eigenvalue weighted by Crippen LogP contribution is -2.48. The Balaban J connectivity index is 2.51. The Morgan fingerprint density at radius 1 is 1.75 bits per heavy atom. The van der Waals surface area contributed by atoms with Gasteiger partial charge in [0.15, 0.2) is 0 Å². The van der Waals surface area contributed by atoms with Gasteiger partial charge in [0, 0.05) is 11.8 Å². The van der Waals surface area contributed by atoms with Crippen molar-refractivity contribution in [3.63, 3.8) is 0 Å². The molecule has 0 amide bonds. The summed E-state index contributed by atoms with van der Waals surface area (Å²) in [5.74, 6) is 2.07. The van der Waals surface area contributed by atoms with Crippen molar-refractivity contribution >= 4 is 11.8 Å². The quantitative estimate of drug-likeness (QED) is 0.726. The molecule has 0 radical (unpaired) electrons. The van der Waals surface area contributed by atoms with Crippen LogP contribution >= 0.6 is 11.8 Å².